The quantitative estimate of drug-likeness (QED) is 0.201. The van der Waals surface area contributed by atoms with Crippen LogP contribution in [-0.2, 0) is 0 Å². The van der Waals surface area contributed by atoms with Gasteiger partial charge in [-0.1, -0.05) is 140 Å². The molecule has 0 aliphatic carbocycles. The van der Waals surface area contributed by atoms with Crippen molar-refractivity contribution >= 4 is 65.0 Å². The van der Waals surface area contributed by atoms with Gasteiger partial charge in [0.15, 0.2) is 0 Å². The molecule has 224 valence electrons. The standard InChI is InChI=1S/C46H28O2/c47-41-20-10-13-29-21-24-40-34-23-22-30(27-42(34)48-46(40)44(29)41)43-35-16-6-8-18-37(35)45(38-19-9-7-17-36(38)43)39-26-25-31(28-11-2-1-3-12-28)32-14-4-5-15-33(32)39/h1-27,47H. The van der Waals surface area contributed by atoms with Gasteiger partial charge in [-0.15, -0.1) is 0 Å². The second-order valence-electron chi connectivity index (χ2n) is 12.5. The van der Waals surface area contributed by atoms with Gasteiger partial charge < -0.3 is 9.52 Å². The monoisotopic (exact) mass is 612 g/mol. The summed E-state index contributed by atoms with van der Waals surface area (Å²) in [4.78, 5) is 0. The Bertz CT molecular complexity index is 2840. The third-order valence-corrected chi connectivity index (χ3v) is 9.96. The molecule has 2 heteroatoms. The number of hydrogen-bond donors (Lipinski definition) is 1. The average Bonchev–Trinajstić information content (AvgIpc) is 3.52. The molecule has 1 aromatic heterocycles. The van der Waals surface area contributed by atoms with Crippen LogP contribution in [0.2, 0.25) is 0 Å². The summed E-state index contributed by atoms with van der Waals surface area (Å²) in [6, 6.07) is 57.8. The van der Waals surface area contributed by atoms with E-state index in [9.17, 15) is 5.11 Å². The highest BCUT2D eigenvalue weighted by molar-refractivity contribution is 6.25. The maximum atomic E-state index is 10.8. The third-order valence-electron chi connectivity index (χ3n) is 9.96. The van der Waals surface area contributed by atoms with Gasteiger partial charge in [-0.05, 0) is 95.3 Å². The van der Waals surface area contributed by atoms with E-state index in [2.05, 4.69) is 146 Å². The Morgan fingerprint density at radius 2 is 0.958 bits per heavy atom. The molecular formula is C46H28O2. The summed E-state index contributed by atoms with van der Waals surface area (Å²) in [5.74, 6) is 0.231. The fraction of sp³-hybridized carbons (Fsp3) is 0. The van der Waals surface area contributed by atoms with E-state index >= 15 is 0 Å². The third kappa shape index (κ3) is 3.87. The van der Waals surface area contributed by atoms with Crippen molar-refractivity contribution in [2.45, 2.75) is 0 Å². The predicted molar refractivity (Wildman–Crippen MR) is 202 cm³/mol. The van der Waals surface area contributed by atoms with Crippen molar-refractivity contribution in [2.75, 3.05) is 0 Å². The molecule has 10 rings (SSSR count). The van der Waals surface area contributed by atoms with E-state index in [0.29, 0.717) is 5.58 Å². The first-order valence-electron chi connectivity index (χ1n) is 16.3. The fourth-order valence-electron chi connectivity index (χ4n) is 7.86. The van der Waals surface area contributed by atoms with E-state index < -0.39 is 0 Å². The van der Waals surface area contributed by atoms with Gasteiger partial charge in [0.05, 0.1) is 5.39 Å². The molecule has 48 heavy (non-hydrogen) atoms. The molecule has 0 bridgehead atoms. The van der Waals surface area contributed by atoms with E-state index in [-0.39, 0.29) is 5.75 Å². The Balaban J connectivity index is 1.26. The van der Waals surface area contributed by atoms with Crippen LogP contribution in [0.3, 0.4) is 0 Å². The van der Waals surface area contributed by atoms with Crippen LogP contribution in [0.4, 0.5) is 0 Å². The lowest BCUT2D eigenvalue weighted by molar-refractivity contribution is 0.481. The van der Waals surface area contributed by atoms with Crippen molar-refractivity contribution in [3.8, 4) is 39.1 Å². The Hall–Kier alpha value is -6.38. The summed E-state index contributed by atoms with van der Waals surface area (Å²) in [5.41, 5.74) is 8.72. The zero-order valence-electron chi connectivity index (χ0n) is 25.9. The molecule has 0 aliphatic rings. The normalized spacial score (nSPS) is 11.8. The Morgan fingerprint density at radius 1 is 0.375 bits per heavy atom. The van der Waals surface area contributed by atoms with E-state index in [1.54, 1.807) is 6.07 Å². The highest BCUT2D eigenvalue weighted by Crippen LogP contribution is 2.47. The van der Waals surface area contributed by atoms with Crippen LogP contribution in [-0.4, -0.2) is 5.11 Å². The number of fused-ring (bicyclic) bond motifs is 8. The minimum Gasteiger partial charge on any atom is -0.507 e. The van der Waals surface area contributed by atoms with E-state index in [1.807, 2.05) is 12.1 Å². The van der Waals surface area contributed by atoms with Crippen molar-refractivity contribution in [3.05, 3.63) is 164 Å². The van der Waals surface area contributed by atoms with Crippen LogP contribution in [0.15, 0.2) is 168 Å². The van der Waals surface area contributed by atoms with Gasteiger partial charge in [-0.25, -0.2) is 0 Å². The molecule has 0 saturated carbocycles. The van der Waals surface area contributed by atoms with Crippen LogP contribution in [0, 0.1) is 0 Å². The summed E-state index contributed by atoms with van der Waals surface area (Å²) >= 11 is 0. The van der Waals surface area contributed by atoms with Crippen molar-refractivity contribution in [3.63, 3.8) is 0 Å². The van der Waals surface area contributed by atoms with Gasteiger partial charge in [-0.2, -0.15) is 0 Å². The zero-order valence-corrected chi connectivity index (χ0v) is 25.9. The lowest BCUT2D eigenvalue weighted by Crippen LogP contribution is -1.92. The van der Waals surface area contributed by atoms with Gasteiger partial charge in [0, 0.05) is 10.8 Å². The van der Waals surface area contributed by atoms with Gasteiger partial charge >= 0.3 is 0 Å². The van der Waals surface area contributed by atoms with Gasteiger partial charge in [-0.3, -0.25) is 0 Å². The van der Waals surface area contributed by atoms with Gasteiger partial charge in [0.2, 0.25) is 0 Å². The Morgan fingerprint density at radius 3 is 1.67 bits per heavy atom. The van der Waals surface area contributed by atoms with Gasteiger partial charge in [0.25, 0.3) is 0 Å². The first-order valence-corrected chi connectivity index (χ1v) is 16.3. The smallest absolute Gasteiger partial charge is 0.146 e. The first kappa shape index (κ1) is 26.8. The number of phenolic OH excluding ortho intramolecular Hbond substituents is 1. The molecule has 9 aromatic carbocycles. The highest BCUT2D eigenvalue weighted by Gasteiger charge is 2.20. The first-order chi connectivity index (χ1) is 23.7. The highest BCUT2D eigenvalue weighted by atomic mass is 16.3. The molecule has 0 fully saturated rings. The van der Waals surface area contributed by atoms with E-state index in [0.717, 1.165) is 32.7 Å². The lowest BCUT2D eigenvalue weighted by atomic mass is 9.83. The van der Waals surface area contributed by atoms with Crippen LogP contribution in [0.25, 0.3) is 98.4 Å². The van der Waals surface area contributed by atoms with Crippen LogP contribution in [0.1, 0.15) is 0 Å². The molecule has 2 nitrogen and oxygen atoms in total. The maximum Gasteiger partial charge on any atom is 0.146 e. The minimum absolute atomic E-state index is 0.231. The van der Waals surface area contributed by atoms with E-state index in [1.165, 1.54) is 60.1 Å². The number of phenols is 1. The van der Waals surface area contributed by atoms with Crippen molar-refractivity contribution in [1.82, 2.24) is 0 Å². The van der Waals surface area contributed by atoms with Crippen LogP contribution >= 0.6 is 0 Å². The topological polar surface area (TPSA) is 33.4 Å². The number of benzene rings is 9. The summed E-state index contributed by atoms with van der Waals surface area (Å²) < 4.78 is 6.56. The van der Waals surface area contributed by atoms with Crippen molar-refractivity contribution < 1.29 is 9.52 Å². The molecule has 0 saturated heterocycles. The predicted octanol–water partition coefficient (Wildman–Crippen LogP) is 12.9. The lowest BCUT2D eigenvalue weighted by Gasteiger charge is -2.19. The van der Waals surface area contributed by atoms with Crippen LogP contribution in [0.5, 0.6) is 5.75 Å². The second kappa shape index (κ2) is 10.3. The number of rotatable bonds is 3. The minimum atomic E-state index is 0.231. The molecule has 0 amide bonds. The fourth-order valence-corrected chi connectivity index (χ4v) is 7.86. The second-order valence-corrected chi connectivity index (χ2v) is 12.5. The molecule has 0 radical (unpaired) electrons. The molecular weight excluding hydrogens is 585 g/mol. The van der Waals surface area contributed by atoms with Gasteiger partial charge in [0.1, 0.15) is 16.9 Å². The summed E-state index contributed by atoms with van der Waals surface area (Å²) in [6.45, 7) is 0. The number of furan rings is 1. The largest absolute Gasteiger partial charge is 0.507 e. The number of aromatic hydroxyl groups is 1. The maximum absolute atomic E-state index is 10.8. The summed E-state index contributed by atoms with van der Waals surface area (Å²) in [5, 5.41) is 21.8. The average molecular weight is 613 g/mol. The Kier molecular flexibility index (Phi) is 5.76. The van der Waals surface area contributed by atoms with Crippen LogP contribution < -0.4 is 0 Å². The van der Waals surface area contributed by atoms with Crippen molar-refractivity contribution in [1.29, 1.82) is 0 Å². The molecule has 1 heterocycles. The van der Waals surface area contributed by atoms with E-state index in [4.69, 9.17) is 4.42 Å². The summed E-state index contributed by atoms with van der Waals surface area (Å²) in [6.07, 6.45) is 0. The summed E-state index contributed by atoms with van der Waals surface area (Å²) in [7, 11) is 0. The molecule has 10 aromatic rings. The number of hydrogen-bond acceptors (Lipinski definition) is 2. The molecule has 1 N–H and O–H groups in total. The zero-order chi connectivity index (χ0) is 31.8. The van der Waals surface area contributed by atoms with Crippen molar-refractivity contribution in [2.24, 2.45) is 0 Å². The molecule has 0 atom stereocenters. The Labute approximate surface area is 276 Å². The molecule has 0 spiro atoms. The SMILES string of the molecule is Oc1cccc2ccc3c4ccc(-c5c6ccccc6c(-c6ccc(-c7ccccc7)c7ccccc67)c6ccccc56)cc4oc3c12. The molecule has 0 aliphatic heterocycles. The molecule has 0 unspecified atom stereocenters.